The summed E-state index contributed by atoms with van der Waals surface area (Å²) in [5, 5.41) is 0. The van der Waals surface area contributed by atoms with Crippen LogP contribution in [0.25, 0.3) is 0 Å². The molecule has 118 valence electrons. The largest absolute Gasteiger partial charge is 0.493 e. The number of halogens is 3. The van der Waals surface area contributed by atoms with Crippen LogP contribution in [0.5, 0.6) is 11.5 Å². The van der Waals surface area contributed by atoms with E-state index in [1.54, 1.807) is 6.08 Å². The monoisotopic (exact) mass is 350 g/mol. The predicted molar refractivity (Wildman–Crippen MR) is 91.3 cm³/mol. The second-order valence-corrected chi connectivity index (χ2v) is 6.02. The summed E-state index contributed by atoms with van der Waals surface area (Å²) < 4.78 is 11.7. The van der Waals surface area contributed by atoms with Crippen LogP contribution >= 0.6 is 34.8 Å². The molecule has 0 aliphatic heterocycles. The molecule has 0 aromatic heterocycles. The van der Waals surface area contributed by atoms with Crippen LogP contribution < -0.4 is 9.47 Å². The van der Waals surface area contributed by atoms with Crippen molar-refractivity contribution >= 4 is 34.8 Å². The van der Waals surface area contributed by atoms with Crippen LogP contribution in [0.15, 0.2) is 22.7 Å². The van der Waals surface area contributed by atoms with Gasteiger partial charge in [0.05, 0.1) is 6.61 Å². The Balaban J connectivity index is 2.74. The third-order valence-electron chi connectivity index (χ3n) is 2.97. The van der Waals surface area contributed by atoms with E-state index in [2.05, 4.69) is 6.92 Å². The van der Waals surface area contributed by atoms with Gasteiger partial charge < -0.3 is 9.47 Å². The molecular formula is C16H21Cl3O2. The van der Waals surface area contributed by atoms with E-state index in [0.717, 1.165) is 41.9 Å². The molecule has 0 unspecified atom stereocenters. The van der Waals surface area contributed by atoms with Gasteiger partial charge in [-0.15, -0.1) is 11.6 Å². The van der Waals surface area contributed by atoms with Crippen molar-refractivity contribution in [3.8, 4) is 11.5 Å². The number of aryl methyl sites for hydroxylation is 2. The lowest BCUT2D eigenvalue weighted by atomic mass is 10.1. The molecule has 0 N–H and O–H groups in total. The average Bonchev–Trinajstić information content (AvgIpc) is 2.44. The van der Waals surface area contributed by atoms with Crippen molar-refractivity contribution in [2.75, 3.05) is 19.1 Å². The summed E-state index contributed by atoms with van der Waals surface area (Å²) in [6, 6.07) is 3.96. The highest BCUT2D eigenvalue weighted by Crippen LogP contribution is 2.30. The van der Waals surface area contributed by atoms with Gasteiger partial charge in [-0.1, -0.05) is 30.1 Å². The van der Waals surface area contributed by atoms with E-state index in [1.807, 2.05) is 19.1 Å². The van der Waals surface area contributed by atoms with E-state index in [1.165, 1.54) is 0 Å². The highest BCUT2D eigenvalue weighted by molar-refractivity contribution is 6.55. The molecule has 0 spiro atoms. The summed E-state index contributed by atoms with van der Waals surface area (Å²) in [6.45, 7) is 5.15. The zero-order valence-electron chi connectivity index (χ0n) is 12.4. The number of hydrogen-bond acceptors (Lipinski definition) is 2. The van der Waals surface area contributed by atoms with Gasteiger partial charge in [-0.25, -0.2) is 0 Å². The highest BCUT2D eigenvalue weighted by atomic mass is 35.5. The molecule has 0 radical (unpaired) electrons. The summed E-state index contributed by atoms with van der Waals surface area (Å²) in [6.07, 6.45) is 4.42. The maximum absolute atomic E-state index is 5.89. The summed E-state index contributed by atoms with van der Waals surface area (Å²) in [4.78, 5) is 0. The quantitative estimate of drug-likeness (QED) is 0.422. The van der Waals surface area contributed by atoms with Gasteiger partial charge in [-0.2, -0.15) is 0 Å². The Morgan fingerprint density at radius 2 is 1.95 bits per heavy atom. The number of benzene rings is 1. The summed E-state index contributed by atoms with van der Waals surface area (Å²) in [7, 11) is 0. The third-order valence-corrected chi connectivity index (χ3v) is 3.54. The fourth-order valence-electron chi connectivity index (χ4n) is 1.94. The first-order valence-electron chi connectivity index (χ1n) is 7.04. The molecule has 1 aromatic carbocycles. The first kappa shape index (κ1) is 18.5. The summed E-state index contributed by atoms with van der Waals surface area (Å²) >= 11 is 16.8. The standard InChI is InChI=1S/C16H21Cl3O2/c1-3-13-11-14(20-9-6-15(18)19)10-12(2)16(13)21-8-5-4-7-17/h6,10-11H,3-5,7-9H2,1-2H3. The minimum Gasteiger partial charge on any atom is -0.493 e. The summed E-state index contributed by atoms with van der Waals surface area (Å²) in [5.74, 6) is 2.42. The topological polar surface area (TPSA) is 18.5 Å². The predicted octanol–water partition coefficient (Wildman–Crippen LogP) is 5.65. The molecule has 0 bridgehead atoms. The molecular weight excluding hydrogens is 331 g/mol. The number of unbranched alkanes of at least 4 members (excludes halogenated alkanes) is 1. The van der Waals surface area contributed by atoms with Crippen molar-refractivity contribution in [3.05, 3.63) is 33.8 Å². The van der Waals surface area contributed by atoms with Gasteiger partial charge in [0.1, 0.15) is 22.6 Å². The first-order valence-corrected chi connectivity index (χ1v) is 8.33. The Morgan fingerprint density at radius 3 is 2.57 bits per heavy atom. The highest BCUT2D eigenvalue weighted by Gasteiger charge is 2.09. The zero-order valence-corrected chi connectivity index (χ0v) is 14.7. The van der Waals surface area contributed by atoms with E-state index >= 15 is 0 Å². The van der Waals surface area contributed by atoms with Crippen LogP contribution in [0.3, 0.4) is 0 Å². The van der Waals surface area contributed by atoms with E-state index in [9.17, 15) is 0 Å². The minimum atomic E-state index is 0.210. The van der Waals surface area contributed by atoms with E-state index in [4.69, 9.17) is 44.3 Å². The first-order chi connectivity index (χ1) is 10.1. The second kappa shape index (κ2) is 10.2. The fraction of sp³-hybridized carbons (Fsp3) is 0.500. The van der Waals surface area contributed by atoms with Gasteiger partial charge in [-0.05, 0) is 55.5 Å². The van der Waals surface area contributed by atoms with Crippen molar-refractivity contribution in [1.29, 1.82) is 0 Å². The van der Waals surface area contributed by atoms with Gasteiger partial charge in [0.25, 0.3) is 0 Å². The average molecular weight is 352 g/mol. The van der Waals surface area contributed by atoms with Gasteiger partial charge in [0.2, 0.25) is 0 Å². The van der Waals surface area contributed by atoms with Crippen LogP contribution in [0.4, 0.5) is 0 Å². The Bertz CT molecular complexity index is 469. The fourth-order valence-corrected chi connectivity index (χ4v) is 2.25. The Morgan fingerprint density at radius 1 is 1.19 bits per heavy atom. The van der Waals surface area contributed by atoms with Crippen molar-refractivity contribution in [2.45, 2.75) is 33.1 Å². The third kappa shape index (κ3) is 6.82. The molecule has 21 heavy (non-hydrogen) atoms. The summed E-state index contributed by atoms with van der Waals surface area (Å²) in [5.41, 5.74) is 2.20. The molecule has 0 saturated heterocycles. The van der Waals surface area contributed by atoms with Crippen molar-refractivity contribution in [1.82, 2.24) is 0 Å². The molecule has 0 heterocycles. The van der Waals surface area contributed by atoms with Crippen LogP contribution in [-0.4, -0.2) is 19.1 Å². The molecule has 0 saturated carbocycles. The Kier molecular flexibility index (Phi) is 8.98. The van der Waals surface area contributed by atoms with E-state index < -0.39 is 0 Å². The van der Waals surface area contributed by atoms with E-state index in [0.29, 0.717) is 19.1 Å². The van der Waals surface area contributed by atoms with E-state index in [-0.39, 0.29) is 4.49 Å². The number of rotatable bonds is 9. The second-order valence-electron chi connectivity index (χ2n) is 4.63. The Labute approximate surface area is 142 Å². The zero-order chi connectivity index (χ0) is 15.7. The van der Waals surface area contributed by atoms with Gasteiger partial charge in [-0.3, -0.25) is 0 Å². The van der Waals surface area contributed by atoms with Crippen LogP contribution in [0.1, 0.15) is 30.9 Å². The van der Waals surface area contributed by atoms with Crippen LogP contribution in [0.2, 0.25) is 0 Å². The molecule has 0 fully saturated rings. The van der Waals surface area contributed by atoms with Gasteiger partial charge >= 0.3 is 0 Å². The maximum Gasteiger partial charge on any atom is 0.125 e. The lowest BCUT2D eigenvalue weighted by Crippen LogP contribution is -2.03. The van der Waals surface area contributed by atoms with Gasteiger partial charge in [0.15, 0.2) is 0 Å². The number of alkyl halides is 1. The molecule has 0 amide bonds. The lowest BCUT2D eigenvalue weighted by molar-refractivity contribution is 0.303. The van der Waals surface area contributed by atoms with Crippen molar-refractivity contribution in [3.63, 3.8) is 0 Å². The normalized spacial score (nSPS) is 10.3. The minimum absolute atomic E-state index is 0.210. The molecule has 2 nitrogen and oxygen atoms in total. The van der Waals surface area contributed by atoms with Gasteiger partial charge in [0, 0.05) is 5.88 Å². The SMILES string of the molecule is CCc1cc(OCC=C(Cl)Cl)cc(C)c1OCCCCCl. The van der Waals surface area contributed by atoms with Crippen LogP contribution in [-0.2, 0) is 6.42 Å². The van der Waals surface area contributed by atoms with Crippen LogP contribution in [0, 0.1) is 6.92 Å². The van der Waals surface area contributed by atoms with Crippen molar-refractivity contribution < 1.29 is 9.47 Å². The Hall–Kier alpha value is -0.570. The lowest BCUT2D eigenvalue weighted by Gasteiger charge is -2.15. The molecule has 5 heteroatoms. The maximum atomic E-state index is 5.89. The molecule has 1 aromatic rings. The smallest absolute Gasteiger partial charge is 0.125 e. The molecule has 1 rings (SSSR count). The van der Waals surface area contributed by atoms with Crippen molar-refractivity contribution in [2.24, 2.45) is 0 Å². The molecule has 0 aliphatic carbocycles. The number of hydrogen-bond donors (Lipinski definition) is 0. The number of ether oxygens (including phenoxy) is 2. The molecule has 0 atom stereocenters. The molecule has 0 aliphatic rings.